The summed E-state index contributed by atoms with van der Waals surface area (Å²) in [5, 5.41) is 1.00. The predicted molar refractivity (Wildman–Crippen MR) is 114 cm³/mol. The van der Waals surface area contributed by atoms with Crippen molar-refractivity contribution < 1.29 is 4.79 Å². The maximum Gasteiger partial charge on any atom is 0.251 e. The van der Waals surface area contributed by atoms with E-state index in [0.29, 0.717) is 24.4 Å². The lowest BCUT2D eigenvalue weighted by Crippen LogP contribution is -2.52. The smallest absolute Gasteiger partial charge is 0.251 e. The second-order valence-corrected chi connectivity index (χ2v) is 8.05. The molecular weight excluding hydrogens is 362 g/mol. The Morgan fingerprint density at radius 2 is 1.86 bits per heavy atom. The van der Waals surface area contributed by atoms with Gasteiger partial charge >= 0.3 is 0 Å². The van der Waals surface area contributed by atoms with E-state index in [-0.39, 0.29) is 11.5 Å². The van der Waals surface area contributed by atoms with Gasteiger partial charge in [0.1, 0.15) is 0 Å². The summed E-state index contributed by atoms with van der Waals surface area (Å²) in [6.07, 6.45) is 1.93. The van der Waals surface area contributed by atoms with Crippen LogP contribution in [-0.2, 0) is 17.6 Å². The fourth-order valence-electron chi connectivity index (χ4n) is 4.74. The van der Waals surface area contributed by atoms with Crippen molar-refractivity contribution in [2.24, 2.45) is 0 Å². The third-order valence-corrected chi connectivity index (χ3v) is 6.36. The molecule has 0 aliphatic carbocycles. The molecule has 1 fully saturated rings. The summed E-state index contributed by atoms with van der Waals surface area (Å²) in [5.74, 6) is 0.139. The monoisotopic (exact) mass is 387 g/mol. The topological polar surface area (TPSA) is 56.4 Å². The molecule has 148 valence electrons. The molecule has 1 unspecified atom stereocenters. The summed E-state index contributed by atoms with van der Waals surface area (Å²) in [7, 11) is 0. The zero-order valence-corrected chi connectivity index (χ0v) is 16.4. The van der Waals surface area contributed by atoms with Gasteiger partial charge in [-0.15, -0.1) is 0 Å². The van der Waals surface area contributed by atoms with Gasteiger partial charge in [-0.3, -0.25) is 14.5 Å². The molecule has 2 aliphatic heterocycles. The second kappa shape index (κ2) is 7.48. The van der Waals surface area contributed by atoms with Gasteiger partial charge in [-0.2, -0.15) is 0 Å². The first-order chi connectivity index (χ1) is 14.2. The van der Waals surface area contributed by atoms with Crippen molar-refractivity contribution in [3.05, 3.63) is 81.6 Å². The molecule has 1 atom stereocenters. The van der Waals surface area contributed by atoms with Crippen molar-refractivity contribution in [3.8, 4) is 0 Å². The Hall–Kier alpha value is -2.92. The number of carbonyl (C=O) groups is 1. The molecule has 0 bridgehead atoms. The SMILES string of the molecule is O=C(CCc1cc2ccccc2[nH]c1=O)N1CCN2CCc3ccccc3C2C1. The number of hydrogen-bond donors (Lipinski definition) is 1. The van der Waals surface area contributed by atoms with Crippen LogP contribution in [0, 0.1) is 0 Å². The molecule has 0 saturated carbocycles. The number of aromatic nitrogens is 1. The van der Waals surface area contributed by atoms with Crippen molar-refractivity contribution >= 4 is 16.8 Å². The number of carbonyl (C=O) groups excluding carboxylic acids is 1. The average Bonchev–Trinajstić information content (AvgIpc) is 2.77. The third kappa shape index (κ3) is 3.47. The van der Waals surface area contributed by atoms with Crippen LogP contribution < -0.4 is 5.56 Å². The Morgan fingerprint density at radius 3 is 2.79 bits per heavy atom. The van der Waals surface area contributed by atoms with Gasteiger partial charge in [0.05, 0.1) is 6.04 Å². The van der Waals surface area contributed by atoms with Crippen molar-refractivity contribution in [2.45, 2.75) is 25.3 Å². The lowest BCUT2D eigenvalue weighted by Gasteiger charge is -2.45. The average molecular weight is 387 g/mol. The van der Waals surface area contributed by atoms with Gasteiger partial charge in [0.2, 0.25) is 5.91 Å². The molecule has 2 aromatic carbocycles. The lowest BCUT2D eigenvalue weighted by atomic mass is 9.91. The Morgan fingerprint density at radius 1 is 1.03 bits per heavy atom. The van der Waals surface area contributed by atoms with Crippen LogP contribution in [0.4, 0.5) is 0 Å². The van der Waals surface area contributed by atoms with E-state index in [1.165, 1.54) is 11.1 Å². The molecule has 29 heavy (non-hydrogen) atoms. The summed E-state index contributed by atoms with van der Waals surface area (Å²) < 4.78 is 0. The maximum atomic E-state index is 12.9. The van der Waals surface area contributed by atoms with Crippen LogP contribution in [0.1, 0.15) is 29.2 Å². The largest absolute Gasteiger partial charge is 0.339 e. The summed E-state index contributed by atoms with van der Waals surface area (Å²) in [6.45, 7) is 3.49. The van der Waals surface area contributed by atoms with Gasteiger partial charge in [0, 0.05) is 43.7 Å². The lowest BCUT2D eigenvalue weighted by molar-refractivity contribution is -0.134. The Labute approximate surface area is 170 Å². The van der Waals surface area contributed by atoms with Crippen molar-refractivity contribution in [1.82, 2.24) is 14.8 Å². The first-order valence-electron chi connectivity index (χ1n) is 10.4. The normalized spacial score (nSPS) is 19.0. The molecule has 2 aliphatic rings. The third-order valence-electron chi connectivity index (χ3n) is 6.36. The maximum absolute atomic E-state index is 12.9. The minimum atomic E-state index is -0.0949. The molecule has 1 saturated heterocycles. The second-order valence-electron chi connectivity index (χ2n) is 8.05. The van der Waals surface area contributed by atoms with Gasteiger partial charge in [-0.1, -0.05) is 42.5 Å². The fraction of sp³-hybridized carbons (Fsp3) is 0.333. The van der Waals surface area contributed by atoms with Crippen molar-refractivity contribution in [2.75, 3.05) is 26.2 Å². The predicted octanol–water partition coefficient (Wildman–Crippen LogP) is 2.90. The molecule has 5 nitrogen and oxygen atoms in total. The quantitative estimate of drug-likeness (QED) is 0.752. The molecule has 1 N–H and O–H groups in total. The number of nitrogens with zero attached hydrogens (tertiary/aromatic N) is 2. The van der Waals surface area contributed by atoms with Crippen LogP contribution in [0.3, 0.4) is 0 Å². The van der Waals surface area contributed by atoms with Crippen LogP contribution in [0.5, 0.6) is 0 Å². The van der Waals surface area contributed by atoms with E-state index in [1.54, 1.807) is 0 Å². The van der Waals surface area contributed by atoms with Gasteiger partial charge in [-0.25, -0.2) is 0 Å². The molecule has 1 amide bonds. The molecule has 0 spiro atoms. The Bertz CT molecular complexity index is 1120. The van der Waals surface area contributed by atoms with E-state index < -0.39 is 0 Å². The highest BCUT2D eigenvalue weighted by atomic mass is 16.2. The summed E-state index contributed by atoms with van der Waals surface area (Å²) >= 11 is 0. The van der Waals surface area contributed by atoms with E-state index >= 15 is 0 Å². The number of hydrogen-bond acceptors (Lipinski definition) is 3. The van der Waals surface area contributed by atoms with Crippen molar-refractivity contribution in [3.63, 3.8) is 0 Å². The molecule has 1 aromatic heterocycles. The number of rotatable bonds is 3. The number of fused-ring (bicyclic) bond motifs is 4. The first-order valence-corrected chi connectivity index (χ1v) is 10.4. The van der Waals surface area contributed by atoms with Crippen LogP contribution in [0.15, 0.2) is 59.4 Å². The molecule has 5 rings (SSSR count). The number of aryl methyl sites for hydroxylation is 1. The van der Waals surface area contributed by atoms with Crippen LogP contribution in [0.25, 0.3) is 10.9 Å². The number of pyridine rings is 1. The molecular formula is C24H25N3O2. The summed E-state index contributed by atoms with van der Waals surface area (Å²) in [6, 6.07) is 18.5. The van der Waals surface area contributed by atoms with E-state index in [1.807, 2.05) is 35.2 Å². The van der Waals surface area contributed by atoms with E-state index in [4.69, 9.17) is 0 Å². The highest BCUT2D eigenvalue weighted by Gasteiger charge is 2.33. The van der Waals surface area contributed by atoms with E-state index in [9.17, 15) is 9.59 Å². The van der Waals surface area contributed by atoms with Crippen LogP contribution >= 0.6 is 0 Å². The fourth-order valence-corrected chi connectivity index (χ4v) is 4.74. The summed E-state index contributed by atoms with van der Waals surface area (Å²) in [5.41, 5.74) is 4.19. The van der Waals surface area contributed by atoms with Crippen LogP contribution in [-0.4, -0.2) is 46.9 Å². The molecule has 0 radical (unpaired) electrons. The first kappa shape index (κ1) is 18.1. The number of piperazine rings is 1. The highest BCUT2D eigenvalue weighted by Crippen LogP contribution is 2.32. The highest BCUT2D eigenvalue weighted by molar-refractivity contribution is 5.79. The number of amides is 1. The minimum absolute atomic E-state index is 0.0949. The van der Waals surface area contributed by atoms with Crippen molar-refractivity contribution in [1.29, 1.82) is 0 Å². The number of para-hydroxylation sites is 1. The molecule has 3 heterocycles. The number of H-pyrrole nitrogens is 1. The zero-order chi connectivity index (χ0) is 19.8. The zero-order valence-electron chi connectivity index (χ0n) is 16.4. The minimum Gasteiger partial charge on any atom is -0.339 e. The molecule has 5 heteroatoms. The number of benzene rings is 2. The van der Waals surface area contributed by atoms with Gasteiger partial charge in [0.15, 0.2) is 0 Å². The Kier molecular flexibility index (Phi) is 4.68. The van der Waals surface area contributed by atoms with Gasteiger partial charge < -0.3 is 9.88 Å². The van der Waals surface area contributed by atoms with Gasteiger partial charge in [-0.05, 0) is 41.5 Å². The summed E-state index contributed by atoms with van der Waals surface area (Å²) in [4.78, 5) is 32.7. The number of nitrogens with one attached hydrogen (secondary N) is 1. The standard InChI is InChI=1S/C24H25N3O2/c28-23(10-9-19-15-18-6-2-4-8-21(18)25-24(19)29)27-14-13-26-12-11-17-5-1-3-7-20(17)22(26)16-27/h1-8,15,22H,9-14,16H2,(H,25,29). The molecule has 3 aromatic rings. The van der Waals surface area contributed by atoms with Crippen LogP contribution in [0.2, 0.25) is 0 Å². The van der Waals surface area contributed by atoms with E-state index in [0.717, 1.165) is 43.5 Å². The Balaban J connectivity index is 1.29. The number of aromatic amines is 1. The van der Waals surface area contributed by atoms with Gasteiger partial charge in [0.25, 0.3) is 5.56 Å². The van der Waals surface area contributed by atoms with E-state index in [2.05, 4.69) is 34.1 Å².